The fourth-order valence-corrected chi connectivity index (χ4v) is 4.30. The van der Waals surface area contributed by atoms with Crippen molar-refractivity contribution in [3.63, 3.8) is 0 Å². The van der Waals surface area contributed by atoms with Gasteiger partial charge < -0.3 is 9.84 Å². The molecule has 3 heterocycles. The molecular weight excluding hydrogens is 314 g/mol. The highest BCUT2D eigenvalue weighted by Crippen LogP contribution is 2.37. The van der Waals surface area contributed by atoms with E-state index in [2.05, 4.69) is 48.2 Å². The smallest absolute Gasteiger partial charge is 0.123 e. The Morgan fingerprint density at radius 3 is 2.88 bits per heavy atom. The van der Waals surface area contributed by atoms with E-state index in [9.17, 15) is 5.11 Å². The molecule has 2 aromatic rings. The van der Waals surface area contributed by atoms with Crippen molar-refractivity contribution in [2.75, 3.05) is 19.7 Å². The molecule has 0 saturated carbocycles. The van der Waals surface area contributed by atoms with Gasteiger partial charge in [-0.1, -0.05) is 12.1 Å². The van der Waals surface area contributed by atoms with Crippen molar-refractivity contribution in [1.82, 2.24) is 14.7 Å². The maximum Gasteiger partial charge on any atom is 0.123 e. The number of rotatable bonds is 4. The minimum Gasteiger partial charge on any atom is -0.487 e. The summed E-state index contributed by atoms with van der Waals surface area (Å²) >= 11 is 0. The van der Waals surface area contributed by atoms with Crippen LogP contribution in [0.15, 0.2) is 30.6 Å². The van der Waals surface area contributed by atoms with Crippen LogP contribution in [0.1, 0.15) is 36.5 Å². The molecule has 5 heteroatoms. The van der Waals surface area contributed by atoms with Crippen LogP contribution in [0.5, 0.6) is 5.75 Å². The van der Waals surface area contributed by atoms with Gasteiger partial charge in [0, 0.05) is 57.7 Å². The van der Waals surface area contributed by atoms with Crippen LogP contribution in [-0.2, 0) is 20.0 Å². The molecule has 0 bridgehead atoms. The molecule has 2 aliphatic rings. The molecule has 134 valence electrons. The first-order valence-corrected chi connectivity index (χ1v) is 9.06. The maximum absolute atomic E-state index is 9.80. The molecule has 2 atom stereocenters. The zero-order valence-corrected chi connectivity index (χ0v) is 15.3. The van der Waals surface area contributed by atoms with Crippen LogP contribution >= 0.6 is 0 Å². The Bertz CT molecular complexity index is 768. The van der Waals surface area contributed by atoms with Gasteiger partial charge in [0.25, 0.3) is 0 Å². The summed E-state index contributed by atoms with van der Waals surface area (Å²) in [5.74, 6) is 1.66. The summed E-state index contributed by atoms with van der Waals surface area (Å²) in [7, 11) is 1.94. The second kappa shape index (κ2) is 6.15. The van der Waals surface area contributed by atoms with Crippen molar-refractivity contribution >= 4 is 0 Å². The Morgan fingerprint density at radius 2 is 2.16 bits per heavy atom. The highest BCUT2D eigenvalue weighted by Gasteiger charge is 2.34. The summed E-state index contributed by atoms with van der Waals surface area (Å²) in [6.07, 6.45) is 4.98. The second-order valence-electron chi connectivity index (χ2n) is 8.17. The first kappa shape index (κ1) is 16.6. The van der Waals surface area contributed by atoms with Gasteiger partial charge in [-0.3, -0.25) is 9.58 Å². The quantitative estimate of drug-likeness (QED) is 0.927. The van der Waals surface area contributed by atoms with Crippen LogP contribution in [0.2, 0.25) is 0 Å². The summed E-state index contributed by atoms with van der Waals surface area (Å²) in [5.41, 5.74) is 3.77. The van der Waals surface area contributed by atoms with E-state index in [1.165, 1.54) is 16.7 Å². The number of hydrogen-bond donors (Lipinski definition) is 1. The van der Waals surface area contributed by atoms with Gasteiger partial charge in [0.2, 0.25) is 0 Å². The third-order valence-electron chi connectivity index (χ3n) is 5.44. The van der Waals surface area contributed by atoms with E-state index in [0.717, 1.165) is 31.8 Å². The normalized spacial score (nSPS) is 25.1. The molecule has 5 nitrogen and oxygen atoms in total. The Hall–Kier alpha value is -1.85. The predicted octanol–water partition coefficient (Wildman–Crippen LogP) is 2.34. The summed E-state index contributed by atoms with van der Waals surface area (Å²) in [6.45, 7) is 7.31. The molecule has 1 saturated heterocycles. The van der Waals surface area contributed by atoms with Gasteiger partial charge in [0.1, 0.15) is 11.4 Å². The lowest BCUT2D eigenvalue weighted by Crippen LogP contribution is -2.24. The van der Waals surface area contributed by atoms with Gasteiger partial charge in [-0.2, -0.15) is 5.10 Å². The maximum atomic E-state index is 9.80. The van der Waals surface area contributed by atoms with Crippen LogP contribution in [0, 0.1) is 5.92 Å². The number of benzene rings is 1. The minimum absolute atomic E-state index is 0.0952. The van der Waals surface area contributed by atoms with Crippen LogP contribution in [0.25, 0.3) is 0 Å². The molecule has 1 N–H and O–H groups in total. The highest BCUT2D eigenvalue weighted by molar-refractivity contribution is 5.41. The van der Waals surface area contributed by atoms with Crippen molar-refractivity contribution in [2.24, 2.45) is 13.0 Å². The molecule has 1 fully saturated rings. The molecule has 0 aliphatic carbocycles. The second-order valence-corrected chi connectivity index (χ2v) is 8.17. The van der Waals surface area contributed by atoms with Gasteiger partial charge in [-0.25, -0.2) is 0 Å². The number of aromatic nitrogens is 2. The zero-order chi connectivity index (χ0) is 17.6. The fourth-order valence-electron chi connectivity index (χ4n) is 4.30. The standard InChI is InChI=1S/C20H27N3O2/c1-20(2)7-15-6-14(4-5-19(15)25-20)9-23-11-17(13-24)18(12-23)16-8-21-22(3)10-16/h4-6,8,10,17-18,24H,7,9,11-13H2,1-3H3/t17-,18-/m0/s1. The number of aliphatic hydroxyl groups excluding tert-OH is 1. The zero-order valence-electron chi connectivity index (χ0n) is 15.3. The Morgan fingerprint density at radius 1 is 1.32 bits per heavy atom. The van der Waals surface area contributed by atoms with E-state index in [4.69, 9.17) is 4.74 Å². The molecule has 25 heavy (non-hydrogen) atoms. The molecule has 1 aromatic heterocycles. The molecule has 0 unspecified atom stereocenters. The van der Waals surface area contributed by atoms with E-state index in [0.29, 0.717) is 5.92 Å². The summed E-state index contributed by atoms with van der Waals surface area (Å²) in [5, 5.41) is 14.1. The van der Waals surface area contributed by atoms with Crippen LogP contribution in [0.4, 0.5) is 0 Å². The van der Waals surface area contributed by atoms with E-state index < -0.39 is 0 Å². The average molecular weight is 341 g/mol. The lowest BCUT2D eigenvalue weighted by Gasteiger charge is -2.16. The molecule has 2 aliphatic heterocycles. The molecule has 0 radical (unpaired) electrons. The number of hydrogen-bond acceptors (Lipinski definition) is 4. The highest BCUT2D eigenvalue weighted by atomic mass is 16.5. The SMILES string of the molecule is Cn1cc([C@@H]2CN(Cc3ccc4c(c3)CC(C)(C)O4)C[C@H]2CO)cn1. The lowest BCUT2D eigenvalue weighted by atomic mass is 9.92. The van der Waals surface area contributed by atoms with Crippen molar-refractivity contribution in [3.8, 4) is 5.75 Å². The molecule has 0 spiro atoms. The Labute approximate surface area is 149 Å². The number of aryl methyl sites for hydroxylation is 1. The number of fused-ring (bicyclic) bond motifs is 1. The number of aliphatic hydroxyl groups is 1. The fraction of sp³-hybridized carbons (Fsp3) is 0.550. The summed E-state index contributed by atoms with van der Waals surface area (Å²) < 4.78 is 7.82. The first-order valence-electron chi connectivity index (χ1n) is 9.06. The van der Waals surface area contributed by atoms with Crippen molar-refractivity contribution in [2.45, 2.75) is 38.3 Å². The third kappa shape index (κ3) is 3.31. The monoisotopic (exact) mass is 341 g/mol. The Balaban J connectivity index is 1.47. The van der Waals surface area contributed by atoms with Crippen LogP contribution in [0.3, 0.4) is 0 Å². The minimum atomic E-state index is -0.0952. The average Bonchev–Trinajstić information content (AvgIpc) is 3.22. The van der Waals surface area contributed by atoms with E-state index in [1.807, 2.05) is 17.9 Å². The number of likely N-dealkylation sites (tertiary alicyclic amines) is 1. The molecule has 1 aromatic carbocycles. The van der Waals surface area contributed by atoms with Gasteiger partial charge in [0.05, 0.1) is 6.20 Å². The van der Waals surface area contributed by atoms with Gasteiger partial charge in [-0.15, -0.1) is 0 Å². The van der Waals surface area contributed by atoms with Gasteiger partial charge in [0.15, 0.2) is 0 Å². The van der Waals surface area contributed by atoms with E-state index >= 15 is 0 Å². The van der Waals surface area contributed by atoms with Gasteiger partial charge in [-0.05, 0) is 36.6 Å². The lowest BCUT2D eigenvalue weighted by molar-refractivity contribution is 0.138. The van der Waals surface area contributed by atoms with Crippen LogP contribution in [-0.4, -0.2) is 45.1 Å². The first-order chi connectivity index (χ1) is 11.9. The van der Waals surface area contributed by atoms with Crippen molar-refractivity contribution in [1.29, 1.82) is 0 Å². The molecular formula is C20H27N3O2. The number of nitrogens with zero attached hydrogens (tertiary/aromatic N) is 3. The Kier molecular flexibility index (Phi) is 4.08. The molecule has 4 rings (SSSR count). The van der Waals surface area contributed by atoms with Crippen molar-refractivity contribution < 1.29 is 9.84 Å². The third-order valence-corrected chi connectivity index (χ3v) is 5.44. The van der Waals surface area contributed by atoms with Crippen molar-refractivity contribution in [3.05, 3.63) is 47.3 Å². The van der Waals surface area contributed by atoms with E-state index in [-0.39, 0.29) is 18.1 Å². The van der Waals surface area contributed by atoms with E-state index in [1.54, 1.807) is 0 Å². The summed E-state index contributed by atoms with van der Waals surface area (Å²) in [6, 6.07) is 6.57. The topological polar surface area (TPSA) is 50.5 Å². The summed E-state index contributed by atoms with van der Waals surface area (Å²) in [4.78, 5) is 2.45. The predicted molar refractivity (Wildman–Crippen MR) is 96.7 cm³/mol. The van der Waals surface area contributed by atoms with Crippen LogP contribution < -0.4 is 4.74 Å². The molecule has 0 amide bonds. The largest absolute Gasteiger partial charge is 0.487 e. The van der Waals surface area contributed by atoms with Gasteiger partial charge >= 0.3 is 0 Å². The number of ether oxygens (including phenoxy) is 1.